The van der Waals surface area contributed by atoms with Crippen LogP contribution in [0.1, 0.15) is 78.4 Å². The lowest BCUT2D eigenvalue weighted by atomic mass is 9.78. The third-order valence-corrected chi connectivity index (χ3v) is 8.82. The third kappa shape index (κ3) is 6.54. The molecule has 3 aromatic carbocycles. The molecular weight excluding hydrogens is 539 g/mol. The number of hydrogen-bond acceptors (Lipinski definition) is 3. The summed E-state index contributed by atoms with van der Waals surface area (Å²) in [7, 11) is 0. The Bertz CT molecular complexity index is 1400. The number of halogens is 3. The van der Waals surface area contributed by atoms with Gasteiger partial charge in [-0.05, 0) is 80.0 Å². The van der Waals surface area contributed by atoms with Crippen molar-refractivity contribution >= 4 is 23.2 Å². The Kier molecular flexibility index (Phi) is 9.02. The first-order valence-electron chi connectivity index (χ1n) is 14.8. The molecule has 42 heavy (non-hydrogen) atoms. The molecule has 2 aliphatic rings. The Hall–Kier alpha value is -3.65. The summed E-state index contributed by atoms with van der Waals surface area (Å²) in [5.41, 5.74) is 1.61. The number of alkyl halides is 3. The number of amides is 2. The van der Waals surface area contributed by atoms with Gasteiger partial charge in [-0.25, -0.2) is 0 Å². The third-order valence-electron chi connectivity index (χ3n) is 8.82. The van der Waals surface area contributed by atoms with E-state index in [-0.39, 0.29) is 23.1 Å². The fraction of sp³-hybridized carbons (Fsp3) is 0.412. The molecule has 1 aliphatic heterocycles. The first-order chi connectivity index (χ1) is 20.1. The summed E-state index contributed by atoms with van der Waals surface area (Å²) < 4.78 is 41.2. The van der Waals surface area contributed by atoms with E-state index in [1.54, 1.807) is 29.2 Å². The maximum atomic E-state index is 14.2. The summed E-state index contributed by atoms with van der Waals surface area (Å²) in [6.07, 6.45) is 1.55. The number of hydrogen-bond donors (Lipinski definition) is 1. The van der Waals surface area contributed by atoms with Gasteiger partial charge in [0.1, 0.15) is 0 Å². The Morgan fingerprint density at radius 3 is 2.26 bits per heavy atom. The highest BCUT2D eigenvalue weighted by atomic mass is 19.4. The lowest BCUT2D eigenvalue weighted by molar-refractivity contribution is -0.138. The summed E-state index contributed by atoms with van der Waals surface area (Å²) in [6.45, 7) is 4.37. The fourth-order valence-electron chi connectivity index (χ4n) is 6.85. The predicted molar refractivity (Wildman–Crippen MR) is 160 cm³/mol. The normalized spacial score (nSPS) is 20.2. The van der Waals surface area contributed by atoms with Crippen molar-refractivity contribution in [3.63, 3.8) is 0 Å². The SMILES string of the molecule is CC(=O)Nc1cccc(N(C(=O)c2cccc(C(F)(F)F)c2C)C2CCN([C@@H]3CCCC[C@@H]3c3ccccc3)CC2)c1. The number of carbonyl (C=O) groups excluding carboxylic acids is 2. The van der Waals surface area contributed by atoms with E-state index in [1.165, 1.54) is 44.4 Å². The highest BCUT2D eigenvalue weighted by molar-refractivity contribution is 6.08. The predicted octanol–water partition coefficient (Wildman–Crippen LogP) is 7.81. The zero-order chi connectivity index (χ0) is 29.9. The van der Waals surface area contributed by atoms with Gasteiger partial charge in [0.05, 0.1) is 5.56 Å². The van der Waals surface area contributed by atoms with Crippen LogP contribution in [0.2, 0.25) is 0 Å². The van der Waals surface area contributed by atoms with Gasteiger partial charge in [-0.2, -0.15) is 13.2 Å². The van der Waals surface area contributed by atoms with Crippen LogP contribution in [0.5, 0.6) is 0 Å². The number of nitrogens with zero attached hydrogens (tertiary/aromatic N) is 2. The van der Waals surface area contributed by atoms with E-state index in [2.05, 4.69) is 34.5 Å². The molecule has 5 nitrogen and oxygen atoms in total. The van der Waals surface area contributed by atoms with E-state index in [1.807, 2.05) is 6.07 Å². The molecule has 0 radical (unpaired) electrons. The molecule has 3 aromatic rings. The van der Waals surface area contributed by atoms with Crippen molar-refractivity contribution in [1.29, 1.82) is 0 Å². The number of piperidine rings is 1. The number of likely N-dealkylation sites (tertiary alicyclic amines) is 1. The molecule has 1 saturated heterocycles. The van der Waals surface area contributed by atoms with E-state index in [9.17, 15) is 22.8 Å². The van der Waals surface area contributed by atoms with E-state index in [0.29, 0.717) is 36.2 Å². The molecular formula is C34H38F3N3O2. The number of carbonyl (C=O) groups is 2. The standard InChI is InChI=1S/C34H38F3N3O2/c1-23-29(15-9-16-31(23)34(35,36)37)33(42)40(28-13-8-12-26(22-28)38-24(2)41)27-18-20-39(21-19-27)32-17-7-6-14-30(32)25-10-4-3-5-11-25/h3-5,8-13,15-16,22,27,30,32H,6-7,14,17-21H2,1-2H3,(H,38,41)/t30-,32-/m1/s1. The van der Waals surface area contributed by atoms with Crippen molar-refractivity contribution in [3.05, 3.63) is 95.1 Å². The largest absolute Gasteiger partial charge is 0.416 e. The monoisotopic (exact) mass is 577 g/mol. The van der Waals surface area contributed by atoms with Gasteiger partial charge >= 0.3 is 6.18 Å². The van der Waals surface area contributed by atoms with Crippen molar-refractivity contribution < 1.29 is 22.8 Å². The topological polar surface area (TPSA) is 52.7 Å². The summed E-state index contributed by atoms with van der Waals surface area (Å²) in [5.74, 6) is -0.235. The van der Waals surface area contributed by atoms with Gasteiger partial charge in [0.2, 0.25) is 5.91 Å². The van der Waals surface area contributed by atoms with E-state index in [0.717, 1.165) is 32.0 Å². The summed E-state index contributed by atoms with van der Waals surface area (Å²) >= 11 is 0. The van der Waals surface area contributed by atoms with E-state index in [4.69, 9.17) is 0 Å². The van der Waals surface area contributed by atoms with Gasteiger partial charge in [-0.3, -0.25) is 14.5 Å². The van der Waals surface area contributed by atoms with Crippen molar-refractivity contribution in [1.82, 2.24) is 4.90 Å². The quantitative estimate of drug-likeness (QED) is 0.325. The van der Waals surface area contributed by atoms with Gasteiger partial charge in [0.25, 0.3) is 5.91 Å². The summed E-state index contributed by atoms with van der Waals surface area (Å²) in [5, 5.41) is 2.76. The van der Waals surface area contributed by atoms with Gasteiger partial charge in [0.15, 0.2) is 0 Å². The molecule has 2 atom stereocenters. The minimum atomic E-state index is -4.56. The minimum Gasteiger partial charge on any atom is -0.326 e. The molecule has 2 amide bonds. The molecule has 0 spiro atoms. The Morgan fingerprint density at radius 2 is 1.57 bits per heavy atom. The Labute approximate surface area is 245 Å². The van der Waals surface area contributed by atoms with Gasteiger partial charge in [-0.15, -0.1) is 0 Å². The molecule has 5 rings (SSSR count). The number of nitrogens with one attached hydrogen (secondary N) is 1. The van der Waals surface area contributed by atoms with Crippen LogP contribution in [0.15, 0.2) is 72.8 Å². The second-order valence-corrected chi connectivity index (χ2v) is 11.5. The lowest BCUT2D eigenvalue weighted by Crippen LogP contribution is -2.52. The van der Waals surface area contributed by atoms with Gasteiger partial charge in [0, 0.05) is 49.0 Å². The zero-order valence-corrected chi connectivity index (χ0v) is 24.2. The van der Waals surface area contributed by atoms with Crippen molar-refractivity contribution in [2.24, 2.45) is 0 Å². The molecule has 1 saturated carbocycles. The fourth-order valence-corrected chi connectivity index (χ4v) is 6.85. The molecule has 0 unspecified atom stereocenters. The first-order valence-corrected chi connectivity index (χ1v) is 14.8. The van der Waals surface area contributed by atoms with Crippen LogP contribution in [-0.2, 0) is 11.0 Å². The first kappa shape index (κ1) is 29.8. The van der Waals surface area contributed by atoms with E-state index >= 15 is 0 Å². The van der Waals surface area contributed by atoms with Crippen molar-refractivity contribution in [3.8, 4) is 0 Å². The maximum absolute atomic E-state index is 14.2. The molecule has 222 valence electrons. The van der Waals surface area contributed by atoms with Gasteiger partial charge in [-0.1, -0.05) is 55.3 Å². The second kappa shape index (κ2) is 12.7. The van der Waals surface area contributed by atoms with Crippen LogP contribution in [0.3, 0.4) is 0 Å². The summed E-state index contributed by atoms with van der Waals surface area (Å²) in [6, 6.07) is 21.7. The van der Waals surface area contributed by atoms with Crippen molar-refractivity contribution in [2.75, 3.05) is 23.3 Å². The van der Waals surface area contributed by atoms with Crippen molar-refractivity contribution in [2.45, 2.75) is 76.6 Å². The number of rotatable bonds is 6. The van der Waals surface area contributed by atoms with E-state index < -0.39 is 17.6 Å². The Morgan fingerprint density at radius 1 is 0.881 bits per heavy atom. The smallest absolute Gasteiger partial charge is 0.326 e. The average molecular weight is 578 g/mol. The average Bonchev–Trinajstić information content (AvgIpc) is 2.97. The molecule has 8 heteroatoms. The highest BCUT2D eigenvalue weighted by Crippen LogP contribution is 2.39. The van der Waals surface area contributed by atoms with Crippen LogP contribution in [0.25, 0.3) is 0 Å². The second-order valence-electron chi connectivity index (χ2n) is 11.5. The molecule has 0 aromatic heterocycles. The van der Waals surface area contributed by atoms with Crippen LogP contribution >= 0.6 is 0 Å². The molecule has 1 aliphatic carbocycles. The molecule has 1 heterocycles. The van der Waals surface area contributed by atoms with Crippen LogP contribution in [0.4, 0.5) is 24.5 Å². The van der Waals surface area contributed by atoms with Gasteiger partial charge < -0.3 is 10.2 Å². The lowest BCUT2D eigenvalue weighted by Gasteiger charge is -2.45. The zero-order valence-electron chi connectivity index (χ0n) is 24.2. The molecule has 1 N–H and O–H groups in total. The van der Waals surface area contributed by atoms with Crippen LogP contribution < -0.4 is 10.2 Å². The molecule has 2 fully saturated rings. The highest BCUT2D eigenvalue weighted by Gasteiger charge is 2.38. The van der Waals surface area contributed by atoms with Crippen LogP contribution in [-0.4, -0.2) is 41.9 Å². The maximum Gasteiger partial charge on any atom is 0.416 e. The minimum absolute atomic E-state index is 0.0357. The summed E-state index contributed by atoms with van der Waals surface area (Å²) in [4.78, 5) is 30.1. The Balaban J connectivity index is 1.43. The molecule has 0 bridgehead atoms. The number of anilines is 2. The van der Waals surface area contributed by atoms with Crippen LogP contribution in [0, 0.1) is 6.92 Å². The number of benzene rings is 3.